The number of carbonyl (C=O) groups is 1. The van der Waals surface area contributed by atoms with E-state index in [1.54, 1.807) is 31.9 Å². The summed E-state index contributed by atoms with van der Waals surface area (Å²) in [5.74, 6) is 0.767. The van der Waals surface area contributed by atoms with Gasteiger partial charge in [-0.15, -0.1) is 0 Å². The minimum Gasteiger partial charge on any atom is -0.390 e. The third-order valence-electron chi connectivity index (χ3n) is 3.50. The normalized spacial score (nSPS) is 16.6. The zero-order valence-electron chi connectivity index (χ0n) is 11.3. The molecule has 0 unspecified atom stereocenters. The van der Waals surface area contributed by atoms with Crippen LogP contribution in [0.15, 0.2) is 6.20 Å². The summed E-state index contributed by atoms with van der Waals surface area (Å²) >= 11 is 0. The Morgan fingerprint density at radius 1 is 1.44 bits per heavy atom. The highest BCUT2D eigenvalue weighted by Gasteiger charge is 2.40. The van der Waals surface area contributed by atoms with Crippen molar-refractivity contribution >= 4 is 5.91 Å². The summed E-state index contributed by atoms with van der Waals surface area (Å²) in [5, 5.41) is 9.84. The van der Waals surface area contributed by atoms with Crippen LogP contribution in [-0.2, 0) is 0 Å². The molecular weight excluding hydrogens is 230 g/mol. The Bertz CT molecular complexity index is 474. The molecule has 0 atom stereocenters. The first-order valence-corrected chi connectivity index (χ1v) is 6.11. The number of hydrogen-bond donors (Lipinski definition) is 1. The van der Waals surface area contributed by atoms with Crippen molar-refractivity contribution in [1.82, 2.24) is 14.9 Å². The van der Waals surface area contributed by atoms with Gasteiger partial charge < -0.3 is 10.0 Å². The zero-order valence-corrected chi connectivity index (χ0v) is 11.3. The second-order valence-corrected chi connectivity index (χ2v) is 5.48. The predicted octanol–water partition coefficient (Wildman–Crippen LogP) is 0.936. The van der Waals surface area contributed by atoms with Gasteiger partial charge in [-0.1, -0.05) is 0 Å². The fourth-order valence-electron chi connectivity index (χ4n) is 2.05. The van der Waals surface area contributed by atoms with Crippen molar-refractivity contribution in [3.63, 3.8) is 0 Å². The quantitative estimate of drug-likeness (QED) is 0.847. The molecule has 2 rings (SSSR count). The van der Waals surface area contributed by atoms with Crippen LogP contribution in [0.25, 0.3) is 0 Å². The first-order valence-electron chi connectivity index (χ1n) is 6.11. The molecule has 0 radical (unpaired) electrons. The summed E-state index contributed by atoms with van der Waals surface area (Å²) in [6.45, 7) is 8.36. The van der Waals surface area contributed by atoms with Crippen molar-refractivity contribution in [2.45, 2.75) is 33.3 Å². The Kier molecular flexibility index (Phi) is 3.11. The van der Waals surface area contributed by atoms with E-state index < -0.39 is 5.60 Å². The number of rotatable bonds is 2. The molecule has 18 heavy (non-hydrogen) atoms. The Morgan fingerprint density at radius 3 is 2.56 bits per heavy atom. The van der Waals surface area contributed by atoms with Gasteiger partial charge in [0.25, 0.3) is 5.91 Å². The summed E-state index contributed by atoms with van der Waals surface area (Å²) in [6, 6.07) is 0. The summed E-state index contributed by atoms with van der Waals surface area (Å²) in [4.78, 5) is 22.2. The van der Waals surface area contributed by atoms with Crippen LogP contribution in [0, 0.1) is 19.8 Å². The molecule has 0 bridgehead atoms. The third kappa shape index (κ3) is 2.36. The van der Waals surface area contributed by atoms with Crippen LogP contribution in [0.3, 0.4) is 0 Å². The Morgan fingerprint density at radius 2 is 2.06 bits per heavy atom. The van der Waals surface area contributed by atoms with Gasteiger partial charge in [-0.3, -0.25) is 4.79 Å². The number of nitrogens with zero attached hydrogens (tertiary/aromatic N) is 3. The summed E-state index contributed by atoms with van der Waals surface area (Å²) < 4.78 is 0. The van der Waals surface area contributed by atoms with Crippen molar-refractivity contribution in [3.05, 3.63) is 23.3 Å². The average Bonchev–Trinajstić information content (AvgIpc) is 2.11. The maximum absolute atomic E-state index is 12.2. The number of aromatic nitrogens is 2. The molecule has 1 saturated heterocycles. The van der Waals surface area contributed by atoms with Gasteiger partial charge in [-0.2, -0.15) is 0 Å². The first kappa shape index (κ1) is 13.0. The summed E-state index contributed by atoms with van der Waals surface area (Å²) in [6.07, 6.45) is 1.58. The Labute approximate surface area is 107 Å². The molecule has 1 amide bonds. The minimum absolute atomic E-state index is 0.0481. The molecule has 1 aliphatic rings. The fourth-order valence-corrected chi connectivity index (χ4v) is 2.05. The lowest BCUT2D eigenvalue weighted by Gasteiger charge is -2.45. The van der Waals surface area contributed by atoms with Crippen molar-refractivity contribution in [3.8, 4) is 0 Å². The van der Waals surface area contributed by atoms with E-state index in [1.807, 2.05) is 6.92 Å². The molecule has 0 aliphatic carbocycles. The van der Waals surface area contributed by atoms with E-state index in [4.69, 9.17) is 0 Å². The van der Waals surface area contributed by atoms with Crippen LogP contribution in [0.4, 0.5) is 0 Å². The molecule has 5 nitrogen and oxygen atoms in total. The highest BCUT2D eigenvalue weighted by molar-refractivity contribution is 5.95. The largest absolute Gasteiger partial charge is 0.390 e. The Hall–Kier alpha value is -1.49. The van der Waals surface area contributed by atoms with E-state index in [2.05, 4.69) is 9.97 Å². The van der Waals surface area contributed by atoms with Crippen LogP contribution < -0.4 is 0 Å². The van der Waals surface area contributed by atoms with Gasteiger partial charge in [0.1, 0.15) is 5.82 Å². The molecule has 5 heteroatoms. The van der Waals surface area contributed by atoms with Crippen LogP contribution in [0.2, 0.25) is 0 Å². The molecule has 0 aromatic carbocycles. The molecule has 2 heterocycles. The summed E-state index contributed by atoms with van der Waals surface area (Å²) in [5.41, 5.74) is 0.532. The molecule has 98 valence electrons. The molecular formula is C13H19N3O2. The van der Waals surface area contributed by atoms with Crippen LogP contribution in [0.5, 0.6) is 0 Å². The van der Waals surface area contributed by atoms with Gasteiger partial charge in [-0.05, 0) is 27.7 Å². The molecule has 1 fully saturated rings. The molecule has 0 spiro atoms. The fraction of sp³-hybridized carbons (Fsp3) is 0.615. The lowest BCUT2D eigenvalue weighted by molar-refractivity contribution is -0.0507. The topological polar surface area (TPSA) is 66.3 Å². The van der Waals surface area contributed by atoms with Crippen LogP contribution in [-0.4, -0.2) is 44.6 Å². The maximum Gasteiger partial charge on any atom is 0.257 e. The van der Waals surface area contributed by atoms with Gasteiger partial charge in [0, 0.05) is 25.2 Å². The average molecular weight is 249 g/mol. The highest BCUT2D eigenvalue weighted by Crippen LogP contribution is 2.28. The predicted molar refractivity (Wildman–Crippen MR) is 67.2 cm³/mol. The van der Waals surface area contributed by atoms with Gasteiger partial charge in [0.15, 0.2) is 0 Å². The molecule has 0 saturated carbocycles. The van der Waals surface area contributed by atoms with E-state index in [0.29, 0.717) is 30.2 Å². The second-order valence-electron chi connectivity index (χ2n) is 5.48. The lowest BCUT2D eigenvalue weighted by Crippen LogP contribution is -2.57. The van der Waals surface area contributed by atoms with Crippen molar-refractivity contribution < 1.29 is 9.90 Å². The van der Waals surface area contributed by atoms with Gasteiger partial charge in [0.2, 0.25) is 0 Å². The molecule has 1 aromatic heterocycles. The smallest absolute Gasteiger partial charge is 0.257 e. The van der Waals surface area contributed by atoms with E-state index in [1.165, 1.54) is 0 Å². The number of aryl methyl sites for hydroxylation is 2. The SMILES string of the molecule is Cc1ncc(C(=O)N2CC(C(C)(C)O)C2)c(C)n1. The standard InChI is InChI=1S/C13H19N3O2/c1-8-11(5-14-9(2)15-8)12(17)16-6-10(7-16)13(3,4)18/h5,10,18H,6-7H2,1-4H3. The third-order valence-corrected chi connectivity index (χ3v) is 3.50. The number of amides is 1. The lowest BCUT2D eigenvalue weighted by atomic mass is 9.84. The Balaban J connectivity index is 2.06. The maximum atomic E-state index is 12.2. The van der Waals surface area contributed by atoms with Gasteiger partial charge in [-0.25, -0.2) is 9.97 Å². The zero-order chi connectivity index (χ0) is 13.5. The van der Waals surface area contributed by atoms with E-state index >= 15 is 0 Å². The van der Waals surface area contributed by atoms with Crippen LogP contribution in [0.1, 0.15) is 35.7 Å². The van der Waals surface area contributed by atoms with E-state index in [0.717, 1.165) is 0 Å². The van der Waals surface area contributed by atoms with Crippen LogP contribution >= 0.6 is 0 Å². The monoisotopic (exact) mass is 249 g/mol. The van der Waals surface area contributed by atoms with Crippen molar-refractivity contribution in [2.75, 3.05) is 13.1 Å². The number of likely N-dealkylation sites (tertiary alicyclic amines) is 1. The number of hydrogen-bond acceptors (Lipinski definition) is 4. The molecule has 1 aromatic rings. The first-order chi connectivity index (χ1) is 8.29. The number of carbonyl (C=O) groups excluding carboxylic acids is 1. The molecule has 1 aliphatic heterocycles. The molecule has 1 N–H and O–H groups in total. The number of aliphatic hydroxyl groups is 1. The van der Waals surface area contributed by atoms with E-state index in [-0.39, 0.29) is 11.8 Å². The van der Waals surface area contributed by atoms with Crippen molar-refractivity contribution in [1.29, 1.82) is 0 Å². The van der Waals surface area contributed by atoms with Gasteiger partial charge >= 0.3 is 0 Å². The highest BCUT2D eigenvalue weighted by atomic mass is 16.3. The van der Waals surface area contributed by atoms with E-state index in [9.17, 15) is 9.90 Å². The minimum atomic E-state index is -0.727. The summed E-state index contributed by atoms with van der Waals surface area (Å²) in [7, 11) is 0. The van der Waals surface area contributed by atoms with Crippen molar-refractivity contribution in [2.24, 2.45) is 5.92 Å². The second kappa shape index (κ2) is 4.31. The van der Waals surface area contributed by atoms with Gasteiger partial charge in [0.05, 0.1) is 16.9 Å².